The third-order valence-electron chi connectivity index (χ3n) is 13.4. The van der Waals surface area contributed by atoms with Gasteiger partial charge in [0.15, 0.2) is 0 Å². The van der Waals surface area contributed by atoms with Crippen LogP contribution in [0.2, 0.25) is 0 Å². The predicted octanol–water partition coefficient (Wildman–Crippen LogP) is 19.4. The maximum Gasteiger partial charge on any atom is 0.0468 e. The molecule has 0 heterocycles. The first kappa shape index (κ1) is 42.9. The molecule has 0 saturated heterocycles. The molecule has 12 aromatic carbocycles. The van der Waals surface area contributed by atoms with Crippen molar-refractivity contribution in [3.63, 3.8) is 0 Å². The number of benzene rings is 12. The van der Waals surface area contributed by atoms with Crippen molar-refractivity contribution in [1.82, 2.24) is 0 Å². The van der Waals surface area contributed by atoms with Gasteiger partial charge >= 0.3 is 0 Å². The molecule has 0 bridgehead atoms. The number of fused-ring (bicyclic) bond motifs is 2. The standard InChI is InChI=1S/C68H49N3/c1-4-14-50(15-5-1)53-24-36-62(37-25-53)69(63-38-26-54(27-39-63)56-30-42-65(43-31-56)70(60-20-6-2-7-21-60)67-46-34-51-16-10-12-18-58(51)48-67)64-40-28-55(29-41-64)57-32-44-66(45-33-57)71(61-22-8-3-9-23-61)68-47-35-52-17-11-13-19-59(52)49-68/h1-49H. The molecule has 0 fully saturated rings. The van der Waals surface area contributed by atoms with Gasteiger partial charge in [-0.15, -0.1) is 0 Å². The fourth-order valence-electron chi connectivity index (χ4n) is 9.77. The molecule has 0 amide bonds. The minimum Gasteiger partial charge on any atom is -0.311 e. The van der Waals surface area contributed by atoms with Gasteiger partial charge in [-0.25, -0.2) is 0 Å². The van der Waals surface area contributed by atoms with Crippen molar-refractivity contribution >= 4 is 72.7 Å². The third-order valence-corrected chi connectivity index (χ3v) is 13.4. The zero-order valence-electron chi connectivity index (χ0n) is 39.1. The van der Waals surface area contributed by atoms with E-state index in [1.54, 1.807) is 0 Å². The second kappa shape index (κ2) is 19.3. The number of nitrogens with zero attached hydrogens (tertiary/aromatic N) is 3. The quantitative estimate of drug-likeness (QED) is 0.121. The van der Waals surface area contributed by atoms with E-state index in [4.69, 9.17) is 0 Å². The lowest BCUT2D eigenvalue weighted by Gasteiger charge is -2.27. The summed E-state index contributed by atoms with van der Waals surface area (Å²) in [6.07, 6.45) is 0. The van der Waals surface area contributed by atoms with Crippen LogP contribution in [0.4, 0.5) is 51.2 Å². The van der Waals surface area contributed by atoms with Gasteiger partial charge in [0.05, 0.1) is 0 Å². The molecule has 0 spiro atoms. The summed E-state index contributed by atoms with van der Waals surface area (Å²) in [6.45, 7) is 0. The fraction of sp³-hybridized carbons (Fsp3) is 0. The molecule has 0 unspecified atom stereocenters. The second-order valence-electron chi connectivity index (χ2n) is 17.8. The van der Waals surface area contributed by atoms with Crippen LogP contribution in [-0.4, -0.2) is 0 Å². The fourth-order valence-corrected chi connectivity index (χ4v) is 9.77. The number of hydrogen-bond donors (Lipinski definition) is 0. The average Bonchev–Trinajstić information content (AvgIpc) is 3.45. The number of hydrogen-bond acceptors (Lipinski definition) is 3. The van der Waals surface area contributed by atoms with Gasteiger partial charge in [0.1, 0.15) is 0 Å². The summed E-state index contributed by atoms with van der Waals surface area (Å²) in [5, 5.41) is 4.89. The topological polar surface area (TPSA) is 9.72 Å². The lowest BCUT2D eigenvalue weighted by Crippen LogP contribution is -2.10. The largest absolute Gasteiger partial charge is 0.311 e. The van der Waals surface area contributed by atoms with Crippen LogP contribution in [0, 0.1) is 0 Å². The molecule has 71 heavy (non-hydrogen) atoms. The minimum absolute atomic E-state index is 1.08. The highest BCUT2D eigenvalue weighted by atomic mass is 15.2. The highest BCUT2D eigenvalue weighted by molar-refractivity contribution is 5.91. The summed E-state index contributed by atoms with van der Waals surface area (Å²) in [4.78, 5) is 7.00. The van der Waals surface area contributed by atoms with Crippen LogP contribution in [0.3, 0.4) is 0 Å². The van der Waals surface area contributed by atoms with E-state index in [2.05, 4.69) is 312 Å². The Balaban J connectivity index is 0.843. The Morgan fingerprint density at radius 1 is 0.141 bits per heavy atom. The van der Waals surface area contributed by atoms with Gasteiger partial charge < -0.3 is 14.7 Å². The van der Waals surface area contributed by atoms with Crippen LogP contribution in [0.1, 0.15) is 0 Å². The molecular formula is C68H49N3. The molecule has 0 atom stereocenters. The van der Waals surface area contributed by atoms with Gasteiger partial charge in [-0.1, -0.05) is 188 Å². The lowest BCUT2D eigenvalue weighted by atomic mass is 10.0. The maximum absolute atomic E-state index is 2.34. The van der Waals surface area contributed by atoms with Gasteiger partial charge in [-0.2, -0.15) is 0 Å². The molecule has 12 rings (SSSR count). The summed E-state index contributed by atoms with van der Waals surface area (Å²) in [5.41, 5.74) is 16.9. The summed E-state index contributed by atoms with van der Waals surface area (Å²) in [6, 6.07) is 107. The monoisotopic (exact) mass is 907 g/mol. The lowest BCUT2D eigenvalue weighted by molar-refractivity contribution is 1.28. The van der Waals surface area contributed by atoms with E-state index < -0.39 is 0 Å². The summed E-state index contributed by atoms with van der Waals surface area (Å²) in [7, 11) is 0. The molecule has 0 aliphatic rings. The van der Waals surface area contributed by atoms with Gasteiger partial charge in [0.2, 0.25) is 0 Å². The van der Waals surface area contributed by atoms with Crippen molar-refractivity contribution in [2.75, 3.05) is 14.7 Å². The Bertz CT molecular complexity index is 3500. The Labute approximate surface area is 416 Å². The minimum atomic E-state index is 1.08. The molecule has 0 aliphatic heterocycles. The molecule has 0 saturated carbocycles. The molecule has 0 aromatic heterocycles. The second-order valence-corrected chi connectivity index (χ2v) is 17.8. The van der Waals surface area contributed by atoms with Gasteiger partial charge in [0, 0.05) is 51.2 Å². The normalized spacial score (nSPS) is 11.1. The van der Waals surface area contributed by atoms with E-state index in [9.17, 15) is 0 Å². The SMILES string of the molecule is c1ccc(-c2ccc(N(c3ccc(-c4ccc(N(c5ccccc5)c5ccc6ccccc6c5)cc4)cc3)c3ccc(-c4ccc(N(c5ccccc5)c5ccc6ccccc6c5)cc4)cc3)cc2)cc1. The van der Waals surface area contributed by atoms with Crippen molar-refractivity contribution in [1.29, 1.82) is 0 Å². The average molecular weight is 908 g/mol. The van der Waals surface area contributed by atoms with Gasteiger partial charge in [0.25, 0.3) is 0 Å². The van der Waals surface area contributed by atoms with Gasteiger partial charge in [-0.3, -0.25) is 0 Å². The maximum atomic E-state index is 2.34. The number of anilines is 9. The molecule has 3 nitrogen and oxygen atoms in total. The molecular weight excluding hydrogens is 859 g/mol. The highest BCUT2D eigenvalue weighted by Crippen LogP contribution is 2.41. The van der Waals surface area contributed by atoms with E-state index in [0.717, 1.165) is 73.4 Å². The third kappa shape index (κ3) is 8.92. The van der Waals surface area contributed by atoms with E-state index in [1.807, 2.05) is 0 Å². The Morgan fingerprint density at radius 3 is 0.662 bits per heavy atom. The molecule has 0 radical (unpaired) electrons. The Kier molecular flexibility index (Phi) is 11.6. The van der Waals surface area contributed by atoms with Crippen molar-refractivity contribution < 1.29 is 0 Å². The molecule has 3 heteroatoms. The predicted molar refractivity (Wildman–Crippen MR) is 302 cm³/mol. The first-order valence-electron chi connectivity index (χ1n) is 24.2. The van der Waals surface area contributed by atoms with Crippen LogP contribution in [0.5, 0.6) is 0 Å². The van der Waals surface area contributed by atoms with Crippen molar-refractivity contribution in [3.8, 4) is 33.4 Å². The molecule has 336 valence electrons. The van der Waals surface area contributed by atoms with Crippen LogP contribution in [-0.2, 0) is 0 Å². The van der Waals surface area contributed by atoms with Crippen LogP contribution >= 0.6 is 0 Å². The van der Waals surface area contributed by atoms with E-state index in [-0.39, 0.29) is 0 Å². The highest BCUT2D eigenvalue weighted by Gasteiger charge is 2.17. The van der Waals surface area contributed by atoms with Crippen molar-refractivity contribution in [2.45, 2.75) is 0 Å². The first-order chi connectivity index (χ1) is 35.2. The van der Waals surface area contributed by atoms with E-state index >= 15 is 0 Å². The zero-order chi connectivity index (χ0) is 47.3. The van der Waals surface area contributed by atoms with E-state index in [0.29, 0.717) is 0 Å². The summed E-state index contributed by atoms with van der Waals surface area (Å²) < 4.78 is 0. The Hall–Kier alpha value is -9.44. The van der Waals surface area contributed by atoms with E-state index in [1.165, 1.54) is 32.7 Å². The number of rotatable bonds is 12. The zero-order valence-corrected chi connectivity index (χ0v) is 39.1. The Morgan fingerprint density at radius 2 is 0.352 bits per heavy atom. The van der Waals surface area contributed by atoms with Crippen LogP contribution in [0.25, 0.3) is 54.9 Å². The van der Waals surface area contributed by atoms with Crippen LogP contribution in [0.15, 0.2) is 297 Å². The number of para-hydroxylation sites is 2. The first-order valence-corrected chi connectivity index (χ1v) is 24.2. The molecule has 0 aliphatic carbocycles. The smallest absolute Gasteiger partial charge is 0.0468 e. The molecule has 0 N–H and O–H groups in total. The van der Waals surface area contributed by atoms with Crippen molar-refractivity contribution in [3.05, 3.63) is 297 Å². The summed E-state index contributed by atoms with van der Waals surface area (Å²) >= 11 is 0. The van der Waals surface area contributed by atoms with Crippen molar-refractivity contribution in [2.24, 2.45) is 0 Å². The summed E-state index contributed by atoms with van der Waals surface area (Å²) in [5.74, 6) is 0. The van der Waals surface area contributed by atoms with Crippen LogP contribution < -0.4 is 14.7 Å². The molecule has 12 aromatic rings. The van der Waals surface area contributed by atoms with Gasteiger partial charge in [-0.05, 0) is 164 Å².